The summed E-state index contributed by atoms with van der Waals surface area (Å²) in [6, 6.07) is 11.7. The molecular formula is C28H28N8O3S2. The fraction of sp³-hybridized carbons (Fsp3) is 0.321. The Morgan fingerprint density at radius 3 is 2.41 bits per heavy atom. The first kappa shape index (κ1) is 27.0. The van der Waals surface area contributed by atoms with E-state index in [0.717, 1.165) is 28.3 Å². The minimum absolute atomic E-state index is 0.133. The predicted molar refractivity (Wildman–Crippen MR) is 157 cm³/mol. The van der Waals surface area contributed by atoms with Crippen LogP contribution in [0.3, 0.4) is 0 Å². The number of nitrogens with zero attached hydrogens (tertiary/aromatic N) is 7. The van der Waals surface area contributed by atoms with Crippen LogP contribution in [0.5, 0.6) is 5.75 Å². The summed E-state index contributed by atoms with van der Waals surface area (Å²) in [5, 5.41) is 25.4. The summed E-state index contributed by atoms with van der Waals surface area (Å²) in [5.41, 5.74) is 2.84. The Morgan fingerprint density at radius 2 is 1.78 bits per heavy atom. The van der Waals surface area contributed by atoms with E-state index in [2.05, 4.69) is 25.6 Å². The average molecular weight is 589 g/mol. The summed E-state index contributed by atoms with van der Waals surface area (Å²) >= 11 is 3.15. The van der Waals surface area contributed by atoms with Crippen molar-refractivity contribution in [2.75, 3.05) is 5.32 Å². The Labute approximate surface area is 244 Å². The van der Waals surface area contributed by atoms with E-state index in [4.69, 9.17) is 14.7 Å². The van der Waals surface area contributed by atoms with E-state index >= 15 is 0 Å². The number of pyridine rings is 1. The third-order valence-corrected chi connectivity index (χ3v) is 8.76. The van der Waals surface area contributed by atoms with E-state index in [1.54, 1.807) is 27.4 Å². The molecule has 2 atom stereocenters. The van der Waals surface area contributed by atoms with Crippen molar-refractivity contribution in [1.82, 2.24) is 34.9 Å². The summed E-state index contributed by atoms with van der Waals surface area (Å²) in [5.74, 6) is 1.23. The lowest BCUT2D eigenvalue weighted by molar-refractivity contribution is -0.143. The minimum atomic E-state index is -0.755. The first-order valence-electron chi connectivity index (χ1n) is 13.3. The third-order valence-electron chi connectivity index (χ3n) is 7.02. The molecule has 0 bridgehead atoms. The van der Waals surface area contributed by atoms with E-state index in [9.17, 15) is 9.90 Å². The standard InChI is InChI=1S/C28H28N8O3S2/c1-16-21(39-18-7-3-6-17(14-18)27(37)38)11-10-19(30-16)24-20(36(2)35-34-24)15-29-28-32-25(22-8-4-12-40-22)31-26(33-28)23-9-5-13-41-23/h4-5,8-13,17-18H,3,6-7,14-15H2,1-2H3,(H,37,38)(H,29,31,32,33). The minimum Gasteiger partial charge on any atom is -0.489 e. The van der Waals surface area contributed by atoms with Gasteiger partial charge in [0, 0.05) is 7.05 Å². The molecule has 0 aromatic carbocycles. The van der Waals surface area contributed by atoms with Gasteiger partial charge in [-0.2, -0.15) is 9.97 Å². The number of ether oxygens (including phenoxy) is 1. The van der Waals surface area contributed by atoms with Gasteiger partial charge in [-0.25, -0.2) is 14.6 Å². The smallest absolute Gasteiger partial charge is 0.306 e. The van der Waals surface area contributed by atoms with Crippen LogP contribution in [-0.2, 0) is 18.4 Å². The van der Waals surface area contributed by atoms with Crippen LogP contribution in [0.4, 0.5) is 5.95 Å². The first-order valence-corrected chi connectivity index (χ1v) is 15.0. The molecular weight excluding hydrogens is 560 g/mol. The van der Waals surface area contributed by atoms with Crippen molar-refractivity contribution in [2.45, 2.75) is 45.3 Å². The molecule has 2 unspecified atom stereocenters. The summed E-state index contributed by atoms with van der Waals surface area (Å²) in [4.78, 5) is 32.2. The van der Waals surface area contributed by atoms with Crippen LogP contribution in [0.2, 0.25) is 0 Å². The molecule has 1 aliphatic rings. The SMILES string of the molecule is Cc1nc(-c2nnn(C)c2CNc2nc(-c3cccs3)nc(-c3cccs3)n2)ccc1OC1CCCC(C(=O)O)C1. The maximum Gasteiger partial charge on any atom is 0.306 e. The fourth-order valence-electron chi connectivity index (χ4n) is 4.88. The lowest BCUT2D eigenvalue weighted by atomic mass is 9.87. The number of thiophene rings is 2. The molecule has 13 heteroatoms. The highest BCUT2D eigenvalue weighted by molar-refractivity contribution is 7.13. The van der Waals surface area contributed by atoms with Crippen LogP contribution < -0.4 is 10.1 Å². The molecule has 5 aromatic rings. The second kappa shape index (κ2) is 11.7. The number of anilines is 1. The van der Waals surface area contributed by atoms with Gasteiger partial charge in [0.05, 0.1) is 45.4 Å². The summed E-state index contributed by atoms with van der Waals surface area (Å²) in [6.07, 6.45) is 2.75. The molecule has 0 saturated heterocycles. The zero-order valence-corrected chi connectivity index (χ0v) is 24.2. The quantitative estimate of drug-likeness (QED) is 0.228. The van der Waals surface area contributed by atoms with Gasteiger partial charge in [0.15, 0.2) is 11.6 Å². The van der Waals surface area contributed by atoms with Gasteiger partial charge in [-0.15, -0.1) is 27.8 Å². The molecule has 1 aliphatic carbocycles. The van der Waals surface area contributed by atoms with Crippen molar-refractivity contribution < 1.29 is 14.6 Å². The molecule has 1 fully saturated rings. The van der Waals surface area contributed by atoms with Gasteiger partial charge in [-0.1, -0.05) is 17.3 Å². The number of hydrogen-bond donors (Lipinski definition) is 2. The topological polar surface area (TPSA) is 141 Å². The molecule has 2 N–H and O–H groups in total. The van der Waals surface area contributed by atoms with Crippen LogP contribution >= 0.6 is 22.7 Å². The van der Waals surface area contributed by atoms with Crippen LogP contribution in [0.15, 0.2) is 47.2 Å². The van der Waals surface area contributed by atoms with Gasteiger partial charge in [0.1, 0.15) is 11.4 Å². The maximum atomic E-state index is 11.4. The zero-order valence-electron chi connectivity index (χ0n) is 22.5. The molecule has 0 radical (unpaired) electrons. The molecule has 5 aromatic heterocycles. The van der Waals surface area contributed by atoms with Crippen LogP contribution in [-0.4, -0.2) is 52.1 Å². The van der Waals surface area contributed by atoms with Gasteiger partial charge < -0.3 is 15.2 Å². The highest BCUT2D eigenvalue weighted by atomic mass is 32.1. The second-order valence-corrected chi connectivity index (χ2v) is 11.7. The van der Waals surface area contributed by atoms with E-state index in [1.165, 1.54) is 0 Å². The Bertz CT molecular complexity index is 1600. The number of carbonyl (C=O) groups is 1. The molecule has 210 valence electrons. The Kier molecular flexibility index (Phi) is 7.70. The van der Waals surface area contributed by atoms with Crippen molar-refractivity contribution in [1.29, 1.82) is 0 Å². The van der Waals surface area contributed by atoms with E-state index in [-0.39, 0.29) is 12.0 Å². The molecule has 0 aliphatic heterocycles. The van der Waals surface area contributed by atoms with Gasteiger partial charge in [0.2, 0.25) is 5.95 Å². The van der Waals surface area contributed by atoms with Crippen molar-refractivity contribution in [2.24, 2.45) is 13.0 Å². The predicted octanol–water partition coefficient (Wildman–Crippen LogP) is 5.46. The van der Waals surface area contributed by atoms with Gasteiger partial charge in [0.25, 0.3) is 0 Å². The van der Waals surface area contributed by atoms with Crippen LogP contribution in [0.1, 0.15) is 37.1 Å². The summed E-state index contributed by atoms with van der Waals surface area (Å²) < 4.78 is 7.89. The molecule has 11 nitrogen and oxygen atoms in total. The molecule has 6 rings (SSSR count). The summed E-state index contributed by atoms with van der Waals surface area (Å²) in [7, 11) is 1.83. The van der Waals surface area contributed by atoms with Crippen molar-refractivity contribution >= 4 is 34.6 Å². The highest BCUT2D eigenvalue weighted by Gasteiger charge is 2.28. The van der Waals surface area contributed by atoms with Crippen molar-refractivity contribution in [3.8, 4) is 38.5 Å². The first-order chi connectivity index (χ1) is 19.9. The monoisotopic (exact) mass is 588 g/mol. The number of nitrogens with one attached hydrogen (secondary N) is 1. The van der Waals surface area contributed by atoms with Gasteiger partial charge in [-0.05, 0) is 67.6 Å². The largest absolute Gasteiger partial charge is 0.489 e. The number of carboxylic acid groups (broad SMARTS) is 1. The average Bonchev–Trinajstić information content (AvgIpc) is 3.76. The highest BCUT2D eigenvalue weighted by Crippen LogP contribution is 2.31. The maximum absolute atomic E-state index is 11.4. The number of hydrogen-bond acceptors (Lipinski definition) is 11. The number of aryl methyl sites for hydroxylation is 2. The second-order valence-electron chi connectivity index (χ2n) is 9.84. The fourth-order valence-corrected chi connectivity index (χ4v) is 6.20. The number of carboxylic acids is 1. The third kappa shape index (κ3) is 5.95. The Balaban J connectivity index is 1.22. The molecule has 0 spiro atoms. The molecule has 0 amide bonds. The van der Waals surface area contributed by atoms with E-state index in [1.807, 2.05) is 61.1 Å². The molecule has 1 saturated carbocycles. The Morgan fingerprint density at radius 1 is 1.05 bits per heavy atom. The van der Waals surface area contributed by atoms with Crippen LogP contribution in [0, 0.1) is 12.8 Å². The van der Waals surface area contributed by atoms with Crippen molar-refractivity contribution in [3.63, 3.8) is 0 Å². The number of rotatable bonds is 9. The zero-order chi connectivity index (χ0) is 28.3. The van der Waals surface area contributed by atoms with E-state index in [0.29, 0.717) is 59.8 Å². The lowest BCUT2D eigenvalue weighted by Crippen LogP contribution is -2.29. The van der Waals surface area contributed by atoms with Crippen LogP contribution in [0.25, 0.3) is 32.8 Å². The normalized spacial score (nSPS) is 16.9. The van der Waals surface area contributed by atoms with Gasteiger partial charge in [-0.3, -0.25) is 4.79 Å². The Hall–Kier alpha value is -4.23. The molecule has 5 heterocycles. The van der Waals surface area contributed by atoms with Crippen molar-refractivity contribution in [3.05, 3.63) is 58.5 Å². The van der Waals surface area contributed by atoms with Gasteiger partial charge >= 0.3 is 5.97 Å². The molecule has 41 heavy (non-hydrogen) atoms. The summed E-state index contributed by atoms with van der Waals surface area (Å²) in [6.45, 7) is 2.25. The number of aliphatic carboxylic acids is 1. The van der Waals surface area contributed by atoms with E-state index < -0.39 is 5.97 Å². The lowest BCUT2D eigenvalue weighted by Gasteiger charge is -2.27. The number of aromatic nitrogens is 7.